The van der Waals surface area contributed by atoms with Crippen molar-refractivity contribution in [2.24, 2.45) is 11.7 Å². The van der Waals surface area contributed by atoms with E-state index in [0.29, 0.717) is 17.0 Å². The Labute approximate surface area is 127 Å². The van der Waals surface area contributed by atoms with Crippen molar-refractivity contribution in [3.8, 4) is 0 Å². The largest absolute Gasteiger partial charge is 0.465 e. The van der Waals surface area contributed by atoms with Crippen molar-refractivity contribution in [1.29, 1.82) is 0 Å². The molecule has 2 aliphatic rings. The van der Waals surface area contributed by atoms with Gasteiger partial charge in [-0.1, -0.05) is 0 Å². The van der Waals surface area contributed by atoms with Gasteiger partial charge in [-0.15, -0.1) is 11.3 Å². The molecule has 1 aromatic rings. The van der Waals surface area contributed by atoms with Gasteiger partial charge in [0.15, 0.2) is 5.78 Å². The number of hydrogen-bond acceptors (Lipinski definition) is 7. The van der Waals surface area contributed by atoms with Gasteiger partial charge in [-0.3, -0.25) is 4.79 Å². The zero-order valence-electron chi connectivity index (χ0n) is 11.9. The number of nitrogens with two attached hydrogens (primary N) is 2. The fourth-order valence-electron chi connectivity index (χ4n) is 2.64. The molecular formula is C14H19N3O3S. The first-order valence-electron chi connectivity index (χ1n) is 7.08. The monoisotopic (exact) mass is 309 g/mol. The molecule has 1 saturated heterocycles. The molecule has 21 heavy (non-hydrogen) atoms. The van der Waals surface area contributed by atoms with E-state index in [1.165, 1.54) is 18.4 Å². The summed E-state index contributed by atoms with van der Waals surface area (Å²) in [4.78, 5) is 26.9. The molecule has 7 heteroatoms. The Morgan fingerprint density at radius 3 is 2.57 bits per heavy atom. The van der Waals surface area contributed by atoms with Gasteiger partial charge >= 0.3 is 5.97 Å². The van der Waals surface area contributed by atoms with Crippen LogP contribution in [0.25, 0.3) is 0 Å². The Hall–Kier alpha value is -1.60. The number of carbonyl (C=O) groups excluding carboxylic acids is 2. The second-order valence-electron chi connectivity index (χ2n) is 5.65. The van der Waals surface area contributed by atoms with Crippen LogP contribution in [0.1, 0.15) is 39.3 Å². The fraction of sp³-hybridized carbons (Fsp3) is 0.571. The number of esters is 1. The van der Waals surface area contributed by atoms with E-state index in [1.807, 2.05) is 4.90 Å². The predicted octanol–water partition coefficient (Wildman–Crippen LogP) is 1.25. The maximum Gasteiger partial charge on any atom is 0.343 e. The number of hydrogen-bond donors (Lipinski definition) is 2. The van der Waals surface area contributed by atoms with Gasteiger partial charge in [-0.2, -0.15) is 0 Å². The van der Waals surface area contributed by atoms with Crippen LogP contribution in [0.5, 0.6) is 0 Å². The van der Waals surface area contributed by atoms with Crippen molar-refractivity contribution in [1.82, 2.24) is 0 Å². The van der Waals surface area contributed by atoms with E-state index < -0.39 is 5.97 Å². The summed E-state index contributed by atoms with van der Waals surface area (Å²) in [5.41, 5.74) is 12.6. The van der Waals surface area contributed by atoms with Crippen LogP contribution in [-0.4, -0.2) is 38.0 Å². The molecule has 0 amide bonds. The van der Waals surface area contributed by atoms with Gasteiger partial charge in [0.05, 0.1) is 17.7 Å². The average molecular weight is 309 g/mol. The maximum absolute atomic E-state index is 12.3. The highest BCUT2D eigenvalue weighted by atomic mass is 32.1. The topological polar surface area (TPSA) is 98.6 Å². The van der Waals surface area contributed by atoms with Crippen molar-refractivity contribution in [3.63, 3.8) is 0 Å². The van der Waals surface area contributed by atoms with Crippen LogP contribution in [0, 0.1) is 5.92 Å². The number of methoxy groups -OCH3 is 1. The van der Waals surface area contributed by atoms with E-state index >= 15 is 0 Å². The van der Waals surface area contributed by atoms with Crippen molar-refractivity contribution in [2.45, 2.75) is 25.3 Å². The molecule has 1 unspecified atom stereocenters. The minimum atomic E-state index is -0.492. The normalized spacial score (nSPS) is 21.6. The number of Topliss-reactive ketones (excluding diaryl/α,β-unsaturated/α-hetero) is 1. The summed E-state index contributed by atoms with van der Waals surface area (Å²) in [6.07, 6.45) is 2.69. The zero-order valence-corrected chi connectivity index (χ0v) is 12.7. The molecule has 0 bridgehead atoms. The summed E-state index contributed by atoms with van der Waals surface area (Å²) in [5, 5.41) is 0.719. The highest BCUT2D eigenvalue weighted by molar-refractivity contribution is 7.19. The molecule has 6 nitrogen and oxygen atoms in total. The quantitative estimate of drug-likeness (QED) is 0.641. The fourth-order valence-corrected chi connectivity index (χ4v) is 3.90. The number of nitrogen functional groups attached to an aromatic ring is 1. The Kier molecular flexibility index (Phi) is 3.62. The second kappa shape index (κ2) is 5.31. The lowest BCUT2D eigenvalue weighted by Crippen LogP contribution is -2.26. The van der Waals surface area contributed by atoms with E-state index in [4.69, 9.17) is 16.2 Å². The van der Waals surface area contributed by atoms with Crippen LogP contribution in [0.15, 0.2) is 0 Å². The smallest absolute Gasteiger partial charge is 0.343 e. The highest BCUT2D eigenvalue weighted by Gasteiger charge is 2.37. The molecule has 1 atom stereocenters. The highest BCUT2D eigenvalue weighted by Crippen LogP contribution is 2.44. The molecular weight excluding hydrogens is 290 g/mol. The van der Waals surface area contributed by atoms with E-state index in [0.717, 1.165) is 30.8 Å². The van der Waals surface area contributed by atoms with Gasteiger partial charge in [0.25, 0.3) is 0 Å². The summed E-state index contributed by atoms with van der Waals surface area (Å²) < 4.78 is 4.83. The SMILES string of the molecule is COC(=O)c1c(N2CCC(N)C2)sc(C(=O)C2CC2)c1N. The third-order valence-electron chi connectivity index (χ3n) is 4.00. The summed E-state index contributed by atoms with van der Waals surface area (Å²) in [6, 6.07) is 0.0846. The lowest BCUT2D eigenvalue weighted by Gasteiger charge is -2.17. The molecule has 2 heterocycles. The minimum absolute atomic E-state index is 0.0531. The van der Waals surface area contributed by atoms with E-state index in [1.54, 1.807) is 0 Å². The van der Waals surface area contributed by atoms with Gasteiger partial charge in [-0.25, -0.2) is 4.79 Å². The molecule has 1 aliphatic heterocycles. The summed E-state index contributed by atoms with van der Waals surface area (Å²) in [5.74, 6) is -0.364. The average Bonchev–Trinajstić information content (AvgIpc) is 3.15. The minimum Gasteiger partial charge on any atom is -0.465 e. The lowest BCUT2D eigenvalue weighted by atomic mass is 10.1. The third-order valence-corrected chi connectivity index (χ3v) is 5.28. The molecule has 114 valence electrons. The van der Waals surface area contributed by atoms with Crippen molar-refractivity contribution < 1.29 is 14.3 Å². The predicted molar refractivity (Wildman–Crippen MR) is 81.9 cm³/mol. The Bertz CT molecular complexity index is 595. The van der Waals surface area contributed by atoms with E-state index in [2.05, 4.69) is 0 Å². The summed E-state index contributed by atoms with van der Waals surface area (Å²) >= 11 is 1.30. The van der Waals surface area contributed by atoms with E-state index in [-0.39, 0.29) is 23.4 Å². The summed E-state index contributed by atoms with van der Waals surface area (Å²) in [6.45, 7) is 1.43. The molecule has 1 aromatic heterocycles. The first-order valence-corrected chi connectivity index (χ1v) is 7.90. The first-order chi connectivity index (χ1) is 10.0. The lowest BCUT2D eigenvalue weighted by molar-refractivity contribution is 0.0603. The van der Waals surface area contributed by atoms with Crippen LogP contribution in [0.3, 0.4) is 0 Å². The first kappa shape index (κ1) is 14.3. The molecule has 4 N–H and O–H groups in total. The van der Waals surface area contributed by atoms with Gasteiger partial charge in [0.1, 0.15) is 10.6 Å². The molecule has 0 aromatic carbocycles. The van der Waals surface area contributed by atoms with Crippen LogP contribution >= 0.6 is 11.3 Å². The van der Waals surface area contributed by atoms with Crippen molar-refractivity contribution in [2.75, 3.05) is 30.8 Å². The number of ketones is 1. The standard InChI is InChI=1S/C14H19N3O3S/c1-20-14(19)9-10(16)12(11(18)7-2-3-7)21-13(9)17-5-4-8(15)6-17/h7-8H,2-6,15-16H2,1H3. The Morgan fingerprint density at radius 2 is 2.05 bits per heavy atom. The van der Waals surface area contributed by atoms with Crippen molar-refractivity contribution in [3.05, 3.63) is 10.4 Å². The van der Waals surface area contributed by atoms with Crippen LogP contribution in [0.4, 0.5) is 10.7 Å². The van der Waals surface area contributed by atoms with Gasteiger partial charge < -0.3 is 21.1 Å². The van der Waals surface area contributed by atoms with Crippen LogP contribution in [0.2, 0.25) is 0 Å². The number of nitrogens with zero attached hydrogens (tertiary/aromatic N) is 1. The van der Waals surface area contributed by atoms with Gasteiger partial charge in [-0.05, 0) is 19.3 Å². The zero-order chi connectivity index (χ0) is 15.1. The Morgan fingerprint density at radius 1 is 1.33 bits per heavy atom. The number of ether oxygens (including phenoxy) is 1. The molecule has 2 fully saturated rings. The van der Waals surface area contributed by atoms with Gasteiger partial charge in [0.2, 0.25) is 0 Å². The third kappa shape index (κ3) is 2.51. The second-order valence-corrected chi connectivity index (χ2v) is 6.65. The van der Waals surface area contributed by atoms with Crippen molar-refractivity contribution >= 4 is 33.8 Å². The molecule has 0 spiro atoms. The summed E-state index contributed by atoms with van der Waals surface area (Å²) in [7, 11) is 1.32. The van der Waals surface area contributed by atoms with Gasteiger partial charge in [0, 0.05) is 25.0 Å². The number of thiophene rings is 1. The number of anilines is 2. The maximum atomic E-state index is 12.3. The molecule has 1 aliphatic carbocycles. The number of carbonyl (C=O) groups is 2. The van der Waals surface area contributed by atoms with E-state index in [9.17, 15) is 9.59 Å². The molecule has 1 saturated carbocycles. The number of rotatable bonds is 4. The van der Waals surface area contributed by atoms with Crippen LogP contribution in [-0.2, 0) is 4.74 Å². The molecule has 0 radical (unpaired) electrons. The molecule has 3 rings (SSSR count). The van der Waals surface area contributed by atoms with Crippen LogP contribution < -0.4 is 16.4 Å². The Balaban J connectivity index is 2.02.